The molecule has 0 bridgehead atoms. The number of aromatic nitrogens is 2. The minimum absolute atomic E-state index is 0.453. The van der Waals surface area contributed by atoms with Gasteiger partial charge in [-0.25, -0.2) is 4.79 Å². The largest absolute Gasteiger partial charge is 0.468 e. The molecule has 0 saturated carbocycles. The van der Waals surface area contributed by atoms with Gasteiger partial charge in [0.15, 0.2) is 0 Å². The molecule has 0 spiro atoms. The van der Waals surface area contributed by atoms with Crippen LogP contribution in [0.4, 0.5) is 0 Å². The third kappa shape index (κ3) is 2.00. The molecule has 1 unspecified atom stereocenters. The number of nitrogens with two attached hydrogens (primary N) is 1. The van der Waals surface area contributed by atoms with Crippen molar-refractivity contribution in [3.8, 4) is 0 Å². The summed E-state index contributed by atoms with van der Waals surface area (Å²) in [6.07, 6.45) is 3.04. The highest BCUT2D eigenvalue weighted by Gasteiger charge is 2.19. The van der Waals surface area contributed by atoms with Gasteiger partial charge in [-0.15, -0.1) is 0 Å². The molecular weight excluding hydrogens is 170 g/mol. The van der Waals surface area contributed by atoms with Crippen molar-refractivity contribution in [1.29, 1.82) is 0 Å². The van der Waals surface area contributed by atoms with Crippen LogP contribution in [0.3, 0.4) is 0 Å². The van der Waals surface area contributed by atoms with Crippen LogP contribution in [0.5, 0.6) is 0 Å². The number of carbonyl (C=O) groups excluding carboxylic acids is 1. The number of ether oxygens (including phenoxy) is 1. The molecule has 13 heavy (non-hydrogen) atoms. The molecule has 0 aromatic carbocycles. The highest BCUT2D eigenvalue weighted by atomic mass is 16.5. The predicted molar refractivity (Wildman–Crippen MR) is 45.7 cm³/mol. The van der Waals surface area contributed by atoms with Gasteiger partial charge in [-0.2, -0.15) is 0 Å². The van der Waals surface area contributed by atoms with Crippen LogP contribution in [0.2, 0.25) is 0 Å². The van der Waals surface area contributed by atoms with Gasteiger partial charge in [0.25, 0.3) is 0 Å². The minimum Gasteiger partial charge on any atom is -0.468 e. The maximum atomic E-state index is 11.0. The Morgan fingerprint density at radius 2 is 2.15 bits per heavy atom. The minimum atomic E-state index is -0.848. The van der Waals surface area contributed by atoms with E-state index in [2.05, 4.69) is 14.7 Å². The van der Waals surface area contributed by atoms with Crippen molar-refractivity contribution in [2.75, 3.05) is 7.11 Å². The number of esters is 1. The summed E-state index contributed by atoms with van der Waals surface area (Å²) in [5.74, 6) is -0.511. The number of methoxy groups -OCH3 is 1. The predicted octanol–water partition coefficient (Wildman–Crippen LogP) is -0.0422. The Bertz CT molecular complexity index is 314. The van der Waals surface area contributed by atoms with Crippen molar-refractivity contribution in [2.45, 2.75) is 13.0 Å². The summed E-state index contributed by atoms with van der Waals surface area (Å²) < 4.78 is 4.49. The first kappa shape index (κ1) is 9.60. The first-order valence-corrected chi connectivity index (χ1v) is 3.77. The Morgan fingerprint density at radius 3 is 2.69 bits per heavy atom. The van der Waals surface area contributed by atoms with Crippen LogP contribution in [0.25, 0.3) is 0 Å². The first-order chi connectivity index (χ1) is 6.16. The van der Waals surface area contributed by atoms with Crippen LogP contribution in [0.15, 0.2) is 12.4 Å². The fourth-order valence-electron chi connectivity index (χ4n) is 0.962. The van der Waals surface area contributed by atoms with Gasteiger partial charge in [0.2, 0.25) is 0 Å². The van der Waals surface area contributed by atoms with Crippen molar-refractivity contribution in [3.05, 3.63) is 23.8 Å². The quantitative estimate of drug-likeness (QED) is 0.647. The van der Waals surface area contributed by atoms with Gasteiger partial charge in [-0.3, -0.25) is 9.97 Å². The second-order valence-corrected chi connectivity index (χ2v) is 2.53. The first-order valence-electron chi connectivity index (χ1n) is 3.77. The molecule has 0 aliphatic rings. The fourth-order valence-corrected chi connectivity index (χ4v) is 0.962. The maximum absolute atomic E-state index is 11.0. The lowest BCUT2D eigenvalue weighted by Crippen LogP contribution is -2.24. The molecule has 1 rings (SSSR count). The average molecular weight is 181 g/mol. The van der Waals surface area contributed by atoms with E-state index in [4.69, 9.17) is 5.73 Å². The third-order valence-corrected chi connectivity index (χ3v) is 1.67. The summed E-state index contributed by atoms with van der Waals surface area (Å²) in [5.41, 5.74) is 6.67. The molecular formula is C8H11N3O2. The zero-order valence-corrected chi connectivity index (χ0v) is 7.52. The van der Waals surface area contributed by atoms with Crippen LogP contribution >= 0.6 is 0 Å². The monoisotopic (exact) mass is 181 g/mol. The van der Waals surface area contributed by atoms with Crippen molar-refractivity contribution in [2.24, 2.45) is 5.73 Å². The Kier molecular flexibility index (Phi) is 2.92. The molecule has 1 aromatic rings. The average Bonchev–Trinajstić information content (AvgIpc) is 2.16. The van der Waals surface area contributed by atoms with Gasteiger partial charge in [-0.05, 0) is 6.92 Å². The summed E-state index contributed by atoms with van der Waals surface area (Å²) in [7, 11) is 1.29. The highest BCUT2D eigenvalue weighted by Crippen LogP contribution is 2.10. The lowest BCUT2D eigenvalue weighted by Gasteiger charge is -2.09. The molecule has 1 aromatic heterocycles. The number of carbonyl (C=O) groups is 1. The highest BCUT2D eigenvalue weighted by molar-refractivity contribution is 5.76. The molecule has 1 atom stereocenters. The van der Waals surface area contributed by atoms with Crippen LogP contribution in [-0.4, -0.2) is 23.0 Å². The molecule has 0 aliphatic heterocycles. The molecule has 0 amide bonds. The fraction of sp³-hybridized carbons (Fsp3) is 0.375. The van der Waals surface area contributed by atoms with E-state index in [1.54, 1.807) is 13.1 Å². The van der Waals surface area contributed by atoms with Gasteiger partial charge >= 0.3 is 5.97 Å². The Hall–Kier alpha value is -1.49. The van der Waals surface area contributed by atoms with Gasteiger partial charge in [-0.1, -0.05) is 0 Å². The standard InChI is InChI=1S/C8H11N3O2/c1-5-7(11-4-3-10-5)6(9)8(12)13-2/h3-4,6H,9H2,1-2H3. The summed E-state index contributed by atoms with van der Waals surface area (Å²) in [5, 5.41) is 0. The number of nitrogens with zero attached hydrogens (tertiary/aromatic N) is 2. The SMILES string of the molecule is COC(=O)C(N)c1nccnc1C. The van der Waals surface area contributed by atoms with Crippen LogP contribution < -0.4 is 5.73 Å². The number of aryl methyl sites for hydroxylation is 1. The van der Waals surface area contributed by atoms with Crippen LogP contribution in [-0.2, 0) is 9.53 Å². The van der Waals surface area contributed by atoms with Crippen molar-refractivity contribution in [1.82, 2.24) is 9.97 Å². The Balaban J connectivity index is 2.95. The summed E-state index contributed by atoms with van der Waals surface area (Å²) in [6.45, 7) is 1.74. The smallest absolute Gasteiger partial charge is 0.328 e. The molecule has 2 N–H and O–H groups in total. The van der Waals surface area contributed by atoms with E-state index in [1.165, 1.54) is 13.3 Å². The molecule has 5 nitrogen and oxygen atoms in total. The van der Waals surface area contributed by atoms with Crippen LogP contribution in [0, 0.1) is 6.92 Å². The second kappa shape index (κ2) is 3.95. The number of hydrogen-bond acceptors (Lipinski definition) is 5. The van der Waals surface area contributed by atoms with Gasteiger partial charge in [0.1, 0.15) is 6.04 Å². The summed E-state index contributed by atoms with van der Waals surface area (Å²) >= 11 is 0. The van der Waals surface area contributed by atoms with E-state index in [0.717, 1.165) is 0 Å². The zero-order valence-electron chi connectivity index (χ0n) is 7.52. The number of rotatable bonds is 2. The van der Waals surface area contributed by atoms with E-state index < -0.39 is 12.0 Å². The normalized spacial score (nSPS) is 12.2. The molecule has 70 valence electrons. The van der Waals surface area contributed by atoms with E-state index in [-0.39, 0.29) is 0 Å². The van der Waals surface area contributed by atoms with Crippen molar-refractivity contribution < 1.29 is 9.53 Å². The van der Waals surface area contributed by atoms with Crippen molar-refractivity contribution in [3.63, 3.8) is 0 Å². The topological polar surface area (TPSA) is 78.1 Å². The van der Waals surface area contributed by atoms with E-state index in [9.17, 15) is 4.79 Å². The molecule has 0 saturated heterocycles. The van der Waals surface area contributed by atoms with Gasteiger partial charge in [0, 0.05) is 12.4 Å². The van der Waals surface area contributed by atoms with E-state index in [0.29, 0.717) is 11.4 Å². The lowest BCUT2D eigenvalue weighted by molar-refractivity contribution is -0.142. The second-order valence-electron chi connectivity index (χ2n) is 2.53. The van der Waals surface area contributed by atoms with E-state index in [1.807, 2.05) is 0 Å². The van der Waals surface area contributed by atoms with Gasteiger partial charge in [0.05, 0.1) is 18.5 Å². The molecule has 5 heteroatoms. The molecule has 0 radical (unpaired) electrons. The maximum Gasteiger partial charge on any atom is 0.328 e. The van der Waals surface area contributed by atoms with Crippen molar-refractivity contribution >= 4 is 5.97 Å². The third-order valence-electron chi connectivity index (χ3n) is 1.67. The Labute approximate surface area is 75.9 Å². The molecule has 1 heterocycles. The molecule has 0 aliphatic carbocycles. The van der Waals surface area contributed by atoms with E-state index >= 15 is 0 Å². The van der Waals surface area contributed by atoms with Crippen LogP contribution in [0.1, 0.15) is 17.4 Å². The lowest BCUT2D eigenvalue weighted by atomic mass is 10.2. The Morgan fingerprint density at radius 1 is 1.54 bits per heavy atom. The van der Waals surface area contributed by atoms with Gasteiger partial charge < -0.3 is 10.5 Å². The zero-order chi connectivity index (χ0) is 9.84. The summed E-state index contributed by atoms with van der Waals surface area (Å²) in [4.78, 5) is 19.0. The number of hydrogen-bond donors (Lipinski definition) is 1. The molecule has 0 fully saturated rings. The summed E-state index contributed by atoms with van der Waals surface area (Å²) in [6, 6.07) is -0.848.